The van der Waals surface area contributed by atoms with E-state index in [0.29, 0.717) is 14.9 Å². The Morgan fingerprint density at radius 3 is 2.55 bits per heavy atom. The van der Waals surface area contributed by atoms with Crippen molar-refractivity contribution in [2.45, 2.75) is 19.5 Å². The molecule has 1 aromatic carbocycles. The molecule has 2 rings (SSSR count). The van der Waals surface area contributed by atoms with Crippen LogP contribution in [-0.4, -0.2) is 44.3 Å². The highest BCUT2D eigenvalue weighted by atomic mass is 79.9. The highest BCUT2D eigenvalue weighted by Crippen LogP contribution is 2.46. The normalized spacial score (nSPS) is 11.0. The molecule has 0 saturated heterocycles. The first-order valence-corrected chi connectivity index (χ1v) is 10.3. The van der Waals surface area contributed by atoms with E-state index >= 15 is 0 Å². The van der Waals surface area contributed by atoms with Crippen molar-refractivity contribution < 1.29 is 41.8 Å². The Labute approximate surface area is 187 Å². The van der Waals surface area contributed by atoms with Crippen LogP contribution >= 0.6 is 27.3 Å². The van der Waals surface area contributed by atoms with Crippen LogP contribution < -0.4 is 10.1 Å². The van der Waals surface area contributed by atoms with Crippen molar-refractivity contribution >= 4 is 50.8 Å². The van der Waals surface area contributed by atoms with E-state index in [-0.39, 0.29) is 22.9 Å². The Morgan fingerprint density at radius 1 is 1.23 bits per heavy atom. The second kappa shape index (κ2) is 10.6. The molecule has 0 fully saturated rings. The van der Waals surface area contributed by atoms with Crippen LogP contribution in [0.15, 0.2) is 28.7 Å². The highest BCUT2D eigenvalue weighted by Gasteiger charge is 2.31. The molecule has 0 spiro atoms. The van der Waals surface area contributed by atoms with Crippen LogP contribution in [0.5, 0.6) is 5.75 Å². The molecule has 0 aliphatic carbocycles. The lowest BCUT2D eigenvalue weighted by molar-refractivity contribution is -0.150. The zero-order chi connectivity index (χ0) is 23.2. The average molecular weight is 524 g/mol. The first-order chi connectivity index (χ1) is 14.6. The summed E-state index contributed by atoms with van der Waals surface area (Å²) in [7, 11) is 1.18. The van der Waals surface area contributed by atoms with Gasteiger partial charge in [0.25, 0.3) is 0 Å². The molecule has 1 N–H and O–H groups in total. The third-order valence-corrected chi connectivity index (χ3v) is 5.81. The number of methoxy groups -OCH3 is 1. The molecule has 12 heteroatoms. The van der Waals surface area contributed by atoms with Crippen LogP contribution in [0.2, 0.25) is 0 Å². The number of carbonyl (C=O) groups excluding carboxylic acids is 3. The molecule has 168 valence electrons. The zero-order valence-electron chi connectivity index (χ0n) is 16.3. The maximum Gasteiger partial charge on any atom is 0.397 e. The number of esters is 2. The quantitative estimate of drug-likeness (QED) is 0.500. The third kappa shape index (κ3) is 6.96. The Morgan fingerprint density at radius 2 is 1.94 bits per heavy atom. The van der Waals surface area contributed by atoms with Crippen LogP contribution in [0.25, 0.3) is 10.4 Å². The molecule has 0 radical (unpaired) electrons. The lowest BCUT2D eigenvalue weighted by Crippen LogP contribution is -2.21. The van der Waals surface area contributed by atoms with E-state index in [0.717, 1.165) is 11.3 Å². The summed E-state index contributed by atoms with van der Waals surface area (Å²) >= 11 is 4.31. The summed E-state index contributed by atoms with van der Waals surface area (Å²) < 4.78 is 52.5. The first kappa shape index (κ1) is 24.7. The number of alkyl halides is 3. The molecule has 0 aliphatic heterocycles. The van der Waals surface area contributed by atoms with E-state index in [1.807, 2.05) is 0 Å². The maximum absolute atomic E-state index is 12.4. The lowest BCUT2D eigenvalue weighted by Gasteiger charge is -2.09. The summed E-state index contributed by atoms with van der Waals surface area (Å²) in [6, 6.07) is 6.04. The predicted molar refractivity (Wildman–Crippen MR) is 110 cm³/mol. The van der Waals surface area contributed by atoms with Crippen LogP contribution in [0.1, 0.15) is 23.0 Å². The first-order valence-electron chi connectivity index (χ1n) is 8.71. The molecule has 7 nitrogen and oxygen atoms in total. The Bertz CT molecular complexity index is 976. The molecule has 0 atom stereocenters. The number of halogens is 4. The summed E-state index contributed by atoms with van der Waals surface area (Å²) in [5.74, 6) is -2.48. The van der Waals surface area contributed by atoms with E-state index in [4.69, 9.17) is 14.2 Å². The molecule has 1 amide bonds. The highest BCUT2D eigenvalue weighted by molar-refractivity contribution is 9.10. The van der Waals surface area contributed by atoms with Gasteiger partial charge in [0.2, 0.25) is 5.91 Å². The van der Waals surface area contributed by atoms with Gasteiger partial charge in [0.15, 0.2) is 17.2 Å². The van der Waals surface area contributed by atoms with E-state index < -0.39 is 37.0 Å². The molecule has 31 heavy (non-hydrogen) atoms. The summed E-state index contributed by atoms with van der Waals surface area (Å²) in [5.41, 5.74) is 0.624. The smallest absolute Gasteiger partial charge is 0.397 e. The number of amides is 1. The minimum atomic E-state index is -4.63. The molecule has 0 aliphatic rings. The van der Waals surface area contributed by atoms with Gasteiger partial charge in [-0.1, -0.05) is 12.1 Å². The molecule has 1 heterocycles. The average Bonchev–Trinajstić information content (AvgIpc) is 3.01. The van der Waals surface area contributed by atoms with Gasteiger partial charge in [-0.25, -0.2) is 9.59 Å². The fourth-order valence-electron chi connectivity index (χ4n) is 2.40. The molecule has 2 aromatic rings. The van der Waals surface area contributed by atoms with E-state index in [2.05, 4.69) is 21.2 Å². The Hall–Kier alpha value is -2.60. The number of anilines is 1. The van der Waals surface area contributed by atoms with E-state index in [9.17, 15) is 27.6 Å². The van der Waals surface area contributed by atoms with E-state index in [1.165, 1.54) is 25.3 Å². The van der Waals surface area contributed by atoms with Crippen molar-refractivity contribution in [3.63, 3.8) is 0 Å². The number of ether oxygens (including phenoxy) is 3. The van der Waals surface area contributed by atoms with Crippen molar-refractivity contribution in [3.05, 3.63) is 33.6 Å². The van der Waals surface area contributed by atoms with Crippen LogP contribution in [0.4, 0.5) is 18.9 Å². The maximum atomic E-state index is 12.4. The number of thiophene rings is 1. The lowest BCUT2D eigenvalue weighted by atomic mass is 10.1. The van der Waals surface area contributed by atoms with Crippen molar-refractivity contribution in [1.29, 1.82) is 0 Å². The fourth-order valence-corrected chi connectivity index (χ4v) is 4.36. The second-order valence-corrected chi connectivity index (χ2v) is 7.72. The number of rotatable bonds is 8. The summed E-state index contributed by atoms with van der Waals surface area (Å²) in [4.78, 5) is 35.9. The zero-order valence-corrected chi connectivity index (χ0v) is 18.7. The van der Waals surface area contributed by atoms with E-state index in [1.54, 1.807) is 13.0 Å². The number of hydrogen-bond donors (Lipinski definition) is 1. The van der Waals surface area contributed by atoms with Gasteiger partial charge in [0.1, 0.15) is 6.42 Å². The second-order valence-electron chi connectivity index (χ2n) is 5.91. The van der Waals surface area contributed by atoms with Gasteiger partial charge in [-0.15, -0.1) is 11.3 Å². The number of hydrogen-bond acceptors (Lipinski definition) is 7. The summed E-state index contributed by atoms with van der Waals surface area (Å²) in [6.45, 7) is 1.35. The monoisotopic (exact) mass is 523 g/mol. The standard InChI is InChI=1S/C19H17BrF3NO6S/c1-3-29-13(26)9-30-15-14(20)16(31-17(15)18(27)28-2)10-5-4-6-11(7-10)24-12(25)8-19(21,22)23/h4-7H,3,8-9H2,1-2H3,(H,24,25). The molecule has 1 aromatic heterocycles. The number of carbonyl (C=O) groups is 3. The Kier molecular flexibility index (Phi) is 8.45. The predicted octanol–water partition coefficient (Wildman–Crippen LogP) is 4.80. The third-order valence-electron chi connectivity index (χ3n) is 3.59. The molecule has 0 bridgehead atoms. The summed E-state index contributed by atoms with van der Waals surface area (Å²) in [5, 5.41) is 2.18. The summed E-state index contributed by atoms with van der Waals surface area (Å²) in [6.07, 6.45) is -6.24. The van der Waals surface area contributed by atoms with Gasteiger partial charge in [0.05, 0.1) is 23.1 Å². The van der Waals surface area contributed by atoms with Gasteiger partial charge in [-0.05, 0) is 40.5 Å². The molecule has 0 saturated carbocycles. The van der Waals surface area contributed by atoms with Crippen LogP contribution in [0, 0.1) is 0 Å². The fraction of sp³-hybridized carbons (Fsp3) is 0.316. The van der Waals surface area contributed by atoms with Gasteiger partial charge in [-0.2, -0.15) is 13.2 Å². The molecule has 0 unspecified atom stereocenters. The van der Waals surface area contributed by atoms with Gasteiger partial charge < -0.3 is 19.5 Å². The largest absolute Gasteiger partial charge is 0.479 e. The topological polar surface area (TPSA) is 90.9 Å². The minimum absolute atomic E-state index is 0.0615. The van der Waals surface area contributed by atoms with Crippen molar-refractivity contribution in [2.24, 2.45) is 0 Å². The van der Waals surface area contributed by atoms with Crippen molar-refractivity contribution in [1.82, 2.24) is 0 Å². The van der Waals surface area contributed by atoms with Crippen molar-refractivity contribution in [3.8, 4) is 16.2 Å². The van der Waals surface area contributed by atoms with Gasteiger partial charge in [-0.3, -0.25) is 4.79 Å². The van der Waals surface area contributed by atoms with Gasteiger partial charge >= 0.3 is 18.1 Å². The number of benzene rings is 1. The molecular formula is C19H17BrF3NO6S. The van der Waals surface area contributed by atoms with Crippen LogP contribution in [0.3, 0.4) is 0 Å². The Balaban J connectivity index is 2.34. The molecular weight excluding hydrogens is 507 g/mol. The van der Waals surface area contributed by atoms with Gasteiger partial charge in [0, 0.05) is 5.69 Å². The SMILES string of the molecule is CCOC(=O)COc1c(C(=O)OC)sc(-c2cccc(NC(=O)CC(F)(F)F)c2)c1Br. The number of nitrogens with one attached hydrogen (secondary N) is 1. The minimum Gasteiger partial charge on any atom is -0.479 e. The van der Waals surface area contributed by atoms with Crippen molar-refractivity contribution in [2.75, 3.05) is 25.6 Å². The van der Waals surface area contributed by atoms with Crippen LogP contribution in [-0.2, 0) is 19.1 Å².